The first-order valence-electron chi connectivity index (χ1n) is 19.3. The van der Waals surface area contributed by atoms with Crippen molar-refractivity contribution < 1.29 is 0 Å². The highest BCUT2D eigenvalue weighted by molar-refractivity contribution is 6.13. The predicted molar refractivity (Wildman–Crippen MR) is 236 cm³/mol. The van der Waals surface area contributed by atoms with Gasteiger partial charge in [0, 0.05) is 55.5 Å². The Bertz CT molecular complexity index is 3480. The van der Waals surface area contributed by atoms with Gasteiger partial charge in [-0.2, -0.15) is 0 Å². The minimum Gasteiger partial charge on any atom is -0.309 e. The van der Waals surface area contributed by atoms with Gasteiger partial charge in [-0.3, -0.25) is 4.57 Å². The third-order valence-electron chi connectivity index (χ3n) is 11.5. The van der Waals surface area contributed by atoms with Gasteiger partial charge in [-0.05, 0) is 90.0 Å². The Morgan fingerprint density at radius 2 is 0.754 bits per heavy atom. The molecule has 12 aromatic rings. The molecule has 5 heteroatoms. The zero-order valence-electron chi connectivity index (χ0n) is 30.8. The van der Waals surface area contributed by atoms with Crippen LogP contribution in [0.1, 0.15) is 0 Å². The van der Waals surface area contributed by atoms with E-state index < -0.39 is 0 Å². The number of aromatic nitrogens is 5. The summed E-state index contributed by atoms with van der Waals surface area (Å²) in [6, 6.07) is 69.4. The first kappa shape index (κ1) is 31.6. The zero-order valence-corrected chi connectivity index (χ0v) is 30.8. The van der Waals surface area contributed by atoms with E-state index in [0.717, 1.165) is 39.1 Å². The normalized spacial score (nSPS) is 11.9. The molecule has 0 aliphatic carbocycles. The van der Waals surface area contributed by atoms with Gasteiger partial charge in [0.1, 0.15) is 0 Å². The third-order valence-corrected chi connectivity index (χ3v) is 11.5. The highest BCUT2D eigenvalue weighted by Gasteiger charge is 2.18. The second kappa shape index (κ2) is 12.4. The van der Waals surface area contributed by atoms with E-state index in [0.29, 0.717) is 5.95 Å². The van der Waals surface area contributed by atoms with Crippen LogP contribution >= 0.6 is 0 Å². The van der Waals surface area contributed by atoms with Crippen LogP contribution in [0.25, 0.3) is 105 Å². The first-order chi connectivity index (χ1) is 28.3. The molecular formula is C52H33N5. The van der Waals surface area contributed by atoms with Gasteiger partial charge in [0.25, 0.3) is 0 Å². The van der Waals surface area contributed by atoms with Crippen molar-refractivity contribution in [2.24, 2.45) is 0 Å². The van der Waals surface area contributed by atoms with Crippen molar-refractivity contribution in [3.8, 4) is 39.7 Å². The molecule has 0 aliphatic heterocycles. The number of hydrogen-bond acceptors (Lipinski definition) is 2. The van der Waals surface area contributed by atoms with Gasteiger partial charge < -0.3 is 9.13 Å². The minimum absolute atomic E-state index is 0.642. The summed E-state index contributed by atoms with van der Waals surface area (Å²) >= 11 is 0. The lowest BCUT2D eigenvalue weighted by Gasteiger charge is -2.11. The van der Waals surface area contributed by atoms with Gasteiger partial charge in [-0.15, -0.1) is 0 Å². The second-order valence-electron chi connectivity index (χ2n) is 14.7. The Balaban J connectivity index is 0.978. The monoisotopic (exact) mass is 727 g/mol. The highest BCUT2D eigenvalue weighted by atomic mass is 15.2. The van der Waals surface area contributed by atoms with Crippen molar-refractivity contribution in [3.63, 3.8) is 0 Å². The third kappa shape index (κ3) is 4.82. The molecule has 57 heavy (non-hydrogen) atoms. The maximum Gasteiger partial charge on any atom is 0.235 e. The number of fused-ring (bicyclic) bond motifs is 9. The Labute approximate surface area is 328 Å². The molecule has 4 heterocycles. The largest absolute Gasteiger partial charge is 0.309 e. The van der Waals surface area contributed by atoms with Crippen LogP contribution in [0, 0.1) is 0 Å². The van der Waals surface area contributed by atoms with Crippen molar-refractivity contribution in [1.82, 2.24) is 23.7 Å². The van der Waals surface area contributed by atoms with Crippen molar-refractivity contribution in [2.45, 2.75) is 0 Å². The van der Waals surface area contributed by atoms with E-state index in [1.165, 1.54) is 60.1 Å². The van der Waals surface area contributed by atoms with Crippen LogP contribution in [0.4, 0.5) is 0 Å². The summed E-state index contributed by atoms with van der Waals surface area (Å²) in [7, 11) is 0. The molecular weight excluding hydrogens is 695 g/mol. The number of para-hydroxylation sites is 5. The van der Waals surface area contributed by atoms with Crippen LogP contribution < -0.4 is 0 Å². The van der Waals surface area contributed by atoms with E-state index in [9.17, 15) is 0 Å². The molecule has 0 amide bonds. The summed E-state index contributed by atoms with van der Waals surface area (Å²) in [5.41, 5.74) is 13.4. The second-order valence-corrected chi connectivity index (χ2v) is 14.7. The van der Waals surface area contributed by atoms with Crippen LogP contribution in [-0.2, 0) is 0 Å². The predicted octanol–water partition coefficient (Wildman–Crippen LogP) is 13.1. The van der Waals surface area contributed by atoms with Crippen LogP contribution in [0.5, 0.6) is 0 Å². The molecule has 4 aromatic heterocycles. The van der Waals surface area contributed by atoms with E-state index in [1.807, 2.05) is 12.3 Å². The van der Waals surface area contributed by atoms with E-state index in [4.69, 9.17) is 9.97 Å². The lowest BCUT2D eigenvalue weighted by Crippen LogP contribution is -2.02. The fourth-order valence-corrected chi connectivity index (χ4v) is 9.00. The summed E-state index contributed by atoms with van der Waals surface area (Å²) in [5, 5.41) is 7.30. The first-order valence-corrected chi connectivity index (χ1v) is 19.3. The molecule has 0 unspecified atom stereocenters. The molecule has 0 N–H and O–H groups in total. The van der Waals surface area contributed by atoms with Crippen molar-refractivity contribution in [2.75, 3.05) is 0 Å². The van der Waals surface area contributed by atoms with E-state index in [-0.39, 0.29) is 0 Å². The maximum absolute atomic E-state index is 5.24. The fraction of sp³-hybridized carbons (Fsp3) is 0. The standard InChI is InChI=1S/C52H33N5/c1-2-14-37(15-3-1)55-48-23-10-6-19-41(48)43-32-34(25-27-50(43)55)35-26-28-51-44(33-35)42-20-7-11-24-49(42)57(51)52-53-30-29-45(54-52)36-13-12-16-38(31-36)56-46-21-8-4-17-39(46)40-18-5-9-22-47(40)56/h1-33H. The van der Waals surface area contributed by atoms with Crippen LogP contribution in [0.2, 0.25) is 0 Å². The molecule has 8 aromatic carbocycles. The maximum atomic E-state index is 5.24. The average molecular weight is 728 g/mol. The van der Waals surface area contributed by atoms with Gasteiger partial charge in [0.15, 0.2) is 0 Å². The Morgan fingerprint density at radius 3 is 1.35 bits per heavy atom. The average Bonchev–Trinajstić information content (AvgIpc) is 3.92. The molecule has 12 rings (SSSR count). The fourth-order valence-electron chi connectivity index (χ4n) is 9.00. The topological polar surface area (TPSA) is 40.6 Å². The summed E-state index contributed by atoms with van der Waals surface area (Å²) in [5.74, 6) is 0.642. The van der Waals surface area contributed by atoms with Gasteiger partial charge in [0.2, 0.25) is 5.95 Å². The Morgan fingerprint density at radius 1 is 0.298 bits per heavy atom. The van der Waals surface area contributed by atoms with Gasteiger partial charge in [-0.1, -0.05) is 115 Å². The summed E-state index contributed by atoms with van der Waals surface area (Å²) in [6.07, 6.45) is 1.88. The summed E-state index contributed by atoms with van der Waals surface area (Å²) in [6.45, 7) is 0. The summed E-state index contributed by atoms with van der Waals surface area (Å²) < 4.78 is 6.91. The molecule has 266 valence electrons. The lowest BCUT2D eigenvalue weighted by molar-refractivity contribution is 0.992. The minimum atomic E-state index is 0.642. The highest BCUT2D eigenvalue weighted by Crippen LogP contribution is 2.38. The molecule has 0 bridgehead atoms. The molecule has 0 aliphatic rings. The van der Waals surface area contributed by atoms with E-state index in [1.54, 1.807) is 0 Å². The molecule has 0 fully saturated rings. The van der Waals surface area contributed by atoms with Crippen molar-refractivity contribution in [1.29, 1.82) is 0 Å². The molecule has 0 radical (unpaired) electrons. The quantitative estimate of drug-likeness (QED) is 0.177. The van der Waals surface area contributed by atoms with Gasteiger partial charge >= 0.3 is 0 Å². The number of benzene rings is 8. The van der Waals surface area contributed by atoms with Crippen LogP contribution in [0.3, 0.4) is 0 Å². The number of nitrogens with zero attached hydrogens (tertiary/aromatic N) is 5. The SMILES string of the molecule is c1ccc(-n2c3ccccc3c3cc(-c4ccc5c(c4)c4ccccc4n5-c4nccc(-c5cccc(-n6c7ccccc7c7ccccc76)c5)n4)ccc32)cc1. The Kier molecular flexibility index (Phi) is 6.86. The number of hydrogen-bond donors (Lipinski definition) is 0. The van der Waals surface area contributed by atoms with Crippen molar-refractivity contribution >= 4 is 65.4 Å². The molecule has 0 atom stereocenters. The molecule has 0 spiro atoms. The van der Waals surface area contributed by atoms with Gasteiger partial charge in [0.05, 0.1) is 38.8 Å². The van der Waals surface area contributed by atoms with Crippen LogP contribution in [-0.4, -0.2) is 23.7 Å². The smallest absolute Gasteiger partial charge is 0.235 e. The molecule has 0 saturated heterocycles. The molecule has 0 saturated carbocycles. The summed E-state index contributed by atoms with van der Waals surface area (Å²) in [4.78, 5) is 10.1. The number of rotatable bonds is 5. The lowest BCUT2D eigenvalue weighted by atomic mass is 10.0. The van der Waals surface area contributed by atoms with Gasteiger partial charge in [-0.25, -0.2) is 9.97 Å². The Hall–Kier alpha value is -7.76. The molecule has 5 nitrogen and oxygen atoms in total. The van der Waals surface area contributed by atoms with Crippen LogP contribution in [0.15, 0.2) is 200 Å². The van der Waals surface area contributed by atoms with E-state index >= 15 is 0 Å². The zero-order chi connectivity index (χ0) is 37.5. The van der Waals surface area contributed by atoms with E-state index in [2.05, 4.69) is 202 Å². The van der Waals surface area contributed by atoms with Crippen molar-refractivity contribution in [3.05, 3.63) is 200 Å².